The smallest absolute Gasteiger partial charge is 0.303 e. The van der Waals surface area contributed by atoms with Gasteiger partial charge in [-0.3, -0.25) is 9.59 Å². The zero-order valence-electron chi connectivity index (χ0n) is 8.41. The fourth-order valence-electron chi connectivity index (χ4n) is 1.55. The van der Waals surface area contributed by atoms with E-state index in [4.69, 9.17) is 9.47 Å². The normalized spacial score (nSPS) is 26.0. The first-order valence-corrected chi connectivity index (χ1v) is 4.54. The Balaban J connectivity index is 2.51. The van der Waals surface area contributed by atoms with Crippen molar-refractivity contribution in [2.24, 2.45) is 0 Å². The predicted molar refractivity (Wildman–Crippen MR) is 49.5 cm³/mol. The molecule has 1 aliphatic carbocycles. The number of hydrogen-bond acceptors (Lipinski definition) is 4. The molecule has 0 saturated heterocycles. The maximum atomic E-state index is 10.7. The van der Waals surface area contributed by atoms with Gasteiger partial charge in [0.25, 0.3) is 0 Å². The lowest BCUT2D eigenvalue weighted by Gasteiger charge is -2.14. The van der Waals surface area contributed by atoms with E-state index in [1.54, 1.807) is 0 Å². The zero-order valence-corrected chi connectivity index (χ0v) is 8.41. The average Bonchev–Trinajstić information content (AvgIpc) is 2.34. The van der Waals surface area contributed by atoms with Crippen molar-refractivity contribution >= 4 is 11.9 Å². The van der Waals surface area contributed by atoms with Crippen LogP contribution in [0.2, 0.25) is 0 Å². The summed E-state index contributed by atoms with van der Waals surface area (Å²) in [6, 6.07) is 0. The van der Waals surface area contributed by atoms with Gasteiger partial charge < -0.3 is 9.47 Å². The monoisotopic (exact) mass is 198 g/mol. The van der Waals surface area contributed by atoms with Gasteiger partial charge in [-0.05, 0) is 12.8 Å². The minimum atomic E-state index is -0.334. The molecule has 0 bridgehead atoms. The molecule has 0 N–H and O–H groups in total. The first-order valence-electron chi connectivity index (χ1n) is 4.54. The molecule has 0 aromatic heterocycles. The molecule has 4 heteroatoms. The molecule has 78 valence electrons. The van der Waals surface area contributed by atoms with Crippen LogP contribution < -0.4 is 0 Å². The van der Waals surface area contributed by atoms with Crippen LogP contribution in [0, 0.1) is 0 Å². The van der Waals surface area contributed by atoms with Crippen LogP contribution >= 0.6 is 0 Å². The van der Waals surface area contributed by atoms with Gasteiger partial charge in [0.2, 0.25) is 0 Å². The van der Waals surface area contributed by atoms with Crippen molar-refractivity contribution in [2.45, 2.75) is 38.9 Å². The van der Waals surface area contributed by atoms with E-state index >= 15 is 0 Å². The van der Waals surface area contributed by atoms with Gasteiger partial charge >= 0.3 is 11.9 Å². The van der Waals surface area contributed by atoms with Crippen molar-refractivity contribution < 1.29 is 19.1 Å². The number of hydrogen-bond donors (Lipinski definition) is 0. The van der Waals surface area contributed by atoms with Gasteiger partial charge in [-0.2, -0.15) is 0 Å². The minimum absolute atomic E-state index is 0.295. The molecule has 1 fully saturated rings. The Morgan fingerprint density at radius 3 is 1.79 bits per heavy atom. The summed E-state index contributed by atoms with van der Waals surface area (Å²) >= 11 is 0. The van der Waals surface area contributed by atoms with Crippen LogP contribution in [0.1, 0.15) is 26.7 Å². The third-order valence-corrected chi connectivity index (χ3v) is 2.13. The highest BCUT2D eigenvalue weighted by atomic mass is 16.6. The SMILES string of the molecule is C=C1[C@@H](OC(C)=O)CC[C@H]1OC(C)=O. The van der Waals surface area contributed by atoms with Crippen molar-refractivity contribution in [1.29, 1.82) is 0 Å². The van der Waals surface area contributed by atoms with Gasteiger partial charge in [0.05, 0.1) is 0 Å². The third kappa shape index (κ3) is 2.58. The molecule has 0 amide bonds. The van der Waals surface area contributed by atoms with E-state index in [1.807, 2.05) is 0 Å². The molecule has 1 rings (SSSR count). The second kappa shape index (κ2) is 4.26. The van der Waals surface area contributed by atoms with Crippen LogP contribution in [0.4, 0.5) is 0 Å². The highest BCUT2D eigenvalue weighted by molar-refractivity contribution is 5.67. The third-order valence-electron chi connectivity index (χ3n) is 2.13. The Labute approximate surface area is 82.9 Å². The maximum absolute atomic E-state index is 10.7. The molecule has 0 aromatic rings. The summed E-state index contributed by atoms with van der Waals surface area (Å²) < 4.78 is 10.0. The van der Waals surface area contributed by atoms with Gasteiger partial charge in [0, 0.05) is 19.4 Å². The summed E-state index contributed by atoms with van der Waals surface area (Å²) in [5.41, 5.74) is 0.676. The lowest BCUT2D eigenvalue weighted by Crippen LogP contribution is -2.19. The number of esters is 2. The fraction of sp³-hybridized carbons (Fsp3) is 0.600. The Morgan fingerprint density at radius 1 is 1.14 bits per heavy atom. The fourth-order valence-corrected chi connectivity index (χ4v) is 1.55. The summed E-state index contributed by atoms with van der Waals surface area (Å²) in [7, 11) is 0. The van der Waals surface area contributed by atoms with Gasteiger partial charge in [-0.1, -0.05) is 6.58 Å². The molecule has 1 saturated carbocycles. The minimum Gasteiger partial charge on any atom is -0.458 e. The van der Waals surface area contributed by atoms with Gasteiger partial charge in [0.15, 0.2) is 0 Å². The van der Waals surface area contributed by atoms with Crippen LogP contribution in [0.3, 0.4) is 0 Å². The molecule has 0 aliphatic heterocycles. The summed E-state index contributed by atoms with van der Waals surface area (Å²) in [4.78, 5) is 21.4. The molecule has 2 atom stereocenters. The molecule has 14 heavy (non-hydrogen) atoms. The van der Waals surface area contributed by atoms with Crippen molar-refractivity contribution in [3.05, 3.63) is 12.2 Å². The van der Waals surface area contributed by atoms with E-state index in [9.17, 15) is 9.59 Å². The van der Waals surface area contributed by atoms with Crippen LogP contribution in [0.5, 0.6) is 0 Å². The number of rotatable bonds is 2. The lowest BCUT2D eigenvalue weighted by molar-refractivity contribution is -0.144. The van der Waals surface area contributed by atoms with Crippen molar-refractivity contribution in [3.8, 4) is 0 Å². The Bertz CT molecular complexity index is 243. The largest absolute Gasteiger partial charge is 0.458 e. The summed E-state index contributed by atoms with van der Waals surface area (Å²) in [5.74, 6) is -0.667. The summed E-state index contributed by atoms with van der Waals surface area (Å²) in [6.45, 7) is 6.48. The maximum Gasteiger partial charge on any atom is 0.303 e. The summed E-state index contributed by atoms with van der Waals surface area (Å²) in [6.07, 6.45) is 0.765. The van der Waals surface area contributed by atoms with Crippen molar-refractivity contribution in [3.63, 3.8) is 0 Å². The first kappa shape index (κ1) is 10.8. The second-order valence-electron chi connectivity index (χ2n) is 3.35. The van der Waals surface area contributed by atoms with Gasteiger partial charge in [0.1, 0.15) is 12.2 Å². The molecule has 0 spiro atoms. The summed E-state index contributed by atoms with van der Waals surface area (Å²) in [5, 5.41) is 0. The highest BCUT2D eigenvalue weighted by Gasteiger charge is 2.32. The predicted octanol–water partition coefficient (Wildman–Crippen LogP) is 1.20. The Hall–Kier alpha value is -1.32. The van der Waals surface area contributed by atoms with Crippen molar-refractivity contribution in [1.82, 2.24) is 0 Å². The molecule has 1 aliphatic rings. The van der Waals surface area contributed by atoms with E-state index in [2.05, 4.69) is 6.58 Å². The molecule has 0 radical (unpaired) electrons. The van der Waals surface area contributed by atoms with E-state index in [-0.39, 0.29) is 24.1 Å². The van der Waals surface area contributed by atoms with Crippen LogP contribution in [0.25, 0.3) is 0 Å². The standard InChI is InChI=1S/C10H14O4/c1-6-9(13-7(2)11)4-5-10(6)14-8(3)12/h9-10H,1,4-5H2,2-3H3/t9-,10+. The molecule has 0 unspecified atom stereocenters. The molecule has 4 nitrogen and oxygen atoms in total. The van der Waals surface area contributed by atoms with E-state index in [0.717, 1.165) is 0 Å². The van der Waals surface area contributed by atoms with Crippen LogP contribution in [-0.2, 0) is 19.1 Å². The highest BCUT2D eigenvalue weighted by Crippen LogP contribution is 2.29. The van der Waals surface area contributed by atoms with Crippen LogP contribution in [0.15, 0.2) is 12.2 Å². The lowest BCUT2D eigenvalue weighted by atomic mass is 10.2. The number of ether oxygens (including phenoxy) is 2. The molecular formula is C10H14O4. The average molecular weight is 198 g/mol. The van der Waals surface area contributed by atoms with Crippen LogP contribution in [-0.4, -0.2) is 24.1 Å². The Morgan fingerprint density at radius 2 is 1.50 bits per heavy atom. The van der Waals surface area contributed by atoms with Gasteiger partial charge in [-0.25, -0.2) is 0 Å². The topological polar surface area (TPSA) is 52.6 Å². The van der Waals surface area contributed by atoms with E-state index in [1.165, 1.54) is 13.8 Å². The van der Waals surface area contributed by atoms with E-state index < -0.39 is 0 Å². The second-order valence-corrected chi connectivity index (χ2v) is 3.35. The first-order chi connectivity index (χ1) is 6.50. The van der Waals surface area contributed by atoms with E-state index in [0.29, 0.717) is 18.4 Å². The molecule has 0 heterocycles. The molecular weight excluding hydrogens is 184 g/mol. The number of carbonyl (C=O) groups is 2. The molecule has 0 aromatic carbocycles. The Kier molecular flexibility index (Phi) is 3.28. The quantitative estimate of drug-likeness (QED) is 0.494. The zero-order chi connectivity index (χ0) is 10.7. The van der Waals surface area contributed by atoms with Gasteiger partial charge in [-0.15, -0.1) is 0 Å². The van der Waals surface area contributed by atoms with Crippen molar-refractivity contribution in [2.75, 3.05) is 0 Å². The number of carbonyl (C=O) groups excluding carboxylic acids is 2.